The maximum Gasteiger partial charge on any atom is 0.237 e. The number of hydrogen-bond acceptors (Lipinski definition) is 2. The fourth-order valence-corrected chi connectivity index (χ4v) is 3.32. The van der Waals surface area contributed by atoms with E-state index in [1.165, 1.54) is 11.1 Å². The first-order valence-electron chi connectivity index (χ1n) is 7.27. The number of nitrogens with one attached hydrogen (secondary N) is 1. The summed E-state index contributed by atoms with van der Waals surface area (Å²) in [4.78, 5) is 12.1. The molecule has 3 rings (SSSR count). The maximum atomic E-state index is 12.1. The lowest BCUT2D eigenvalue weighted by molar-refractivity contribution is -0.123. The Kier molecular flexibility index (Phi) is 4.40. The van der Waals surface area contributed by atoms with Gasteiger partial charge in [0, 0.05) is 12.0 Å². The van der Waals surface area contributed by atoms with Crippen molar-refractivity contribution in [2.24, 2.45) is 17.6 Å². The van der Waals surface area contributed by atoms with E-state index >= 15 is 0 Å². The Balaban J connectivity index is 0.00000147. The molecule has 0 spiro atoms. The highest BCUT2D eigenvalue weighted by atomic mass is 35.5. The number of nitrogens with two attached hydrogens (primary N) is 1. The summed E-state index contributed by atoms with van der Waals surface area (Å²) in [6.07, 6.45) is 2.04. The zero-order valence-corrected chi connectivity index (χ0v) is 12.8. The molecular formula is C16H23ClN2O. The fraction of sp³-hybridized carbons (Fsp3) is 0.562. The molecule has 0 radical (unpaired) electrons. The highest BCUT2D eigenvalue weighted by Crippen LogP contribution is 2.56. The van der Waals surface area contributed by atoms with Crippen LogP contribution >= 0.6 is 12.4 Å². The molecule has 110 valence electrons. The minimum absolute atomic E-state index is 0. The van der Waals surface area contributed by atoms with Crippen LogP contribution in [0.1, 0.15) is 37.3 Å². The van der Waals surface area contributed by atoms with Gasteiger partial charge >= 0.3 is 0 Å². The zero-order valence-electron chi connectivity index (χ0n) is 12.0. The van der Waals surface area contributed by atoms with Crippen molar-refractivity contribution in [2.75, 3.05) is 0 Å². The van der Waals surface area contributed by atoms with Crippen molar-refractivity contribution in [2.45, 2.75) is 44.7 Å². The molecule has 1 fully saturated rings. The number of carbonyl (C=O) groups excluding carboxylic acids is 1. The van der Waals surface area contributed by atoms with E-state index in [0.29, 0.717) is 17.9 Å². The van der Waals surface area contributed by atoms with Crippen LogP contribution in [0.25, 0.3) is 0 Å². The van der Waals surface area contributed by atoms with Gasteiger partial charge in [0.15, 0.2) is 0 Å². The molecular weight excluding hydrogens is 272 g/mol. The molecule has 2 aliphatic rings. The third-order valence-corrected chi connectivity index (χ3v) is 4.91. The molecule has 5 unspecified atom stereocenters. The van der Waals surface area contributed by atoms with Crippen molar-refractivity contribution in [3.63, 3.8) is 0 Å². The van der Waals surface area contributed by atoms with E-state index in [0.717, 1.165) is 12.8 Å². The third kappa shape index (κ3) is 2.45. The second-order valence-electron chi connectivity index (χ2n) is 6.04. The van der Waals surface area contributed by atoms with E-state index in [4.69, 9.17) is 5.73 Å². The Morgan fingerprint density at radius 1 is 1.45 bits per heavy atom. The molecule has 0 bridgehead atoms. The number of hydrogen-bond donors (Lipinski definition) is 2. The number of amides is 1. The lowest BCUT2D eigenvalue weighted by atomic mass is 9.99. The summed E-state index contributed by atoms with van der Waals surface area (Å²) in [5.41, 5.74) is 8.86. The number of fused-ring (bicyclic) bond motifs is 3. The molecule has 1 saturated carbocycles. The predicted octanol–water partition coefficient (Wildman–Crippen LogP) is 2.24. The van der Waals surface area contributed by atoms with E-state index in [1.807, 2.05) is 6.92 Å². The lowest BCUT2D eigenvalue weighted by Gasteiger charge is -2.18. The van der Waals surface area contributed by atoms with Crippen molar-refractivity contribution in [1.82, 2.24) is 5.32 Å². The maximum absolute atomic E-state index is 12.1. The first kappa shape index (κ1) is 15.3. The van der Waals surface area contributed by atoms with E-state index in [9.17, 15) is 4.79 Å². The van der Waals surface area contributed by atoms with E-state index in [2.05, 4.69) is 36.5 Å². The summed E-state index contributed by atoms with van der Waals surface area (Å²) in [6, 6.07) is 8.52. The Morgan fingerprint density at radius 2 is 2.15 bits per heavy atom. The lowest BCUT2D eigenvalue weighted by Crippen LogP contribution is -2.46. The molecule has 3 nitrogen and oxygen atoms in total. The molecule has 0 saturated heterocycles. The molecule has 5 atom stereocenters. The van der Waals surface area contributed by atoms with Crippen LogP contribution in [0.15, 0.2) is 24.3 Å². The van der Waals surface area contributed by atoms with Gasteiger partial charge in [0.2, 0.25) is 5.91 Å². The first-order chi connectivity index (χ1) is 9.13. The third-order valence-electron chi connectivity index (χ3n) is 4.91. The van der Waals surface area contributed by atoms with Crippen LogP contribution in [0.3, 0.4) is 0 Å². The van der Waals surface area contributed by atoms with Crippen molar-refractivity contribution in [1.29, 1.82) is 0 Å². The highest BCUT2D eigenvalue weighted by molar-refractivity contribution is 5.85. The Bertz CT molecular complexity index is 505. The largest absolute Gasteiger partial charge is 0.351 e. The van der Waals surface area contributed by atoms with Crippen molar-refractivity contribution >= 4 is 18.3 Å². The van der Waals surface area contributed by atoms with Gasteiger partial charge in [-0.1, -0.05) is 44.5 Å². The molecule has 2 aliphatic carbocycles. The van der Waals surface area contributed by atoms with Gasteiger partial charge in [-0.3, -0.25) is 4.79 Å². The van der Waals surface area contributed by atoms with Gasteiger partial charge in [0.25, 0.3) is 0 Å². The summed E-state index contributed by atoms with van der Waals surface area (Å²) < 4.78 is 0. The van der Waals surface area contributed by atoms with E-state index in [1.54, 1.807) is 0 Å². The molecule has 4 heteroatoms. The van der Waals surface area contributed by atoms with Gasteiger partial charge in [-0.15, -0.1) is 12.4 Å². The predicted molar refractivity (Wildman–Crippen MR) is 83.0 cm³/mol. The van der Waals surface area contributed by atoms with Crippen LogP contribution in [0.2, 0.25) is 0 Å². The summed E-state index contributed by atoms with van der Waals surface area (Å²) in [7, 11) is 0. The smallest absolute Gasteiger partial charge is 0.237 e. The summed E-state index contributed by atoms with van der Waals surface area (Å²) in [5, 5.41) is 3.15. The van der Waals surface area contributed by atoms with Gasteiger partial charge < -0.3 is 11.1 Å². The number of benzene rings is 1. The molecule has 20 heavy (non-hydrogen) atoms. The van der Waals surface area contributed by atoms with Gasteiger partial charge in [0.05, 0.1) is 6.04 Å². The summed E-state index contributed by atoms with van der Waals surface area (Å²) in [5.74, 6) is 1.40. The first-order valence-corrected chi connectivity index (χ1v) is 7.27. The number of rotatable bonds is 4. The van der Waals surface area contributed by atoms with Crippen LogP contribution < -0.4 is 11.1 Å². The normalized spacial score (nSPS) is 28.6. The Hall–Kier alpha value is -1.06. The Labute approximate surface area is 126 Å². The molecule has 0 aliphatic heterocycles. The molecule has 1 aromatic carbocycles. The van der Waals surface area contributed by atoms with Crippen LogP contribution in [-0.4, -0.2) is 18.0 Å². The molecule has 1 aromatic rings. The molecule has 0 heterocycles. The van der Waals surface area contributed by atoms with Crippen molar-refractivity contribution < 1.29 is 4.79 Å². The van der Waals surface area contributed by atoms with Crippen LogP contribution in [0, 0.1) is 11.8 Å². The second kappa shape index (κ2) is 5.74. The van der Waals surface area contributed by atoms with Crippen LogP contribution in [-0.2, 0) is 11.2 Å². The standard InChI is InChI=1S/C16H22N2O.ClH/c1-3-9(2)14(17)16(19)18-15-12-8-10-6-4-5-7-11(10)13(12)15;/h4-7,9,12-15H,3,8,17H2,1-2H3,(H,18,19);1H. The topological polar surface area (TPSA) is 55.1 Å². The average molecular weight is 295 g/mol. The zero-order chi connectivity index (χ0) is 13.6. The van der Waals surface area contributed by atoms with Crippen molar-refractivity contribution in [3.05, 3.63) is 35.4 Å². The minimum atomic E-state index is -0.374. The van der Waals surface area contributed by atoms with Gasteiger partial charge in [-0.25, -0.2) is 0 Å². The van der Waals surface area contributed by atoms with Gasteiger partial charge in [0.1, 0.15) is 0 Å². The number of carbonyl (C=O) groups is 1. The summed E-state index contributed by atoms with van der Waals surface area (Å²) in [6.45, 7) is 4.10. The number of halogens is 1. The van der Waals surface area contributed by atoms with Crippen LogP contribution in [0.4, 0.5) is 0 Å². The molecule has 0 aromatic heterocycles. The monoisotopic (exact) mass is 294 g/mol. The SMILES string of the molecule is CCC(C)C(N)C(=O)NC1C2Cc3ccccc3C21.Cl. The van der Waals surface area contributed by atoms with E-state index < -0.39 is 0 Å². The summed E-state index contributed by atoms with van der Waals surface area (Å²) >= 11 is 0. The Morgan fingerprint density at radius 3 is 2.85 bits per heavy atom. The molecule has 3 N–H and O–H groups in total. The second-order valence-corrected chi connectivity index (χ2v) is 6.04. The fourth-order valence-electron chi connectivity index (χ4n) is 3.32. The van der Waals surface area contributed by atoms with Gasteiger partial charge in [-0.2, -0.15) is 0 Å². The minimum Gasteiger partial charge on any atom is -0.351 e. The van der Waals surface area contributed by atoms with Crippen LogP contribution in [0.5, 0.6) is 0 Å². The average Bonchev–Trinajstić information content (AvgIpc) is 2.95. The van der Waals surface area contributed by atoms with E-state index in [-0.39, 0.29) is 30.3 Å². The highest BCUT2D eigenvalue weighted by Gasteiger charge is 2.56. The quantitative estimate of drug-likeness (QED) is 0.895. The van der Waals surface area contributed by atoms with Crippen molar-refractivity contribution in [3.8, 4) is 0 Å². The van der Waals surface area contributed by atoms with Gasteiger partial charge in [-0.05, 0) is 29.4 Å². The molecule has 1 amide bonds.